The van der Waals surface area contributed by atoms with Crippen molar-refractivity contribution in [2.45, 2.75) is 50.2 Å². The molecule has 0 spiro atoms. The van der Waals surface area contributed by atoms with E-state index in [1.807, 2.05) is 0 Å². The third-order valence-electron chi connectivity index (χ3n) is 4.90. The van der Waals surface area contributed by atoms with Crippen molar-refractivity contribution in [1.29, 1.82) is 0 Å². The van der Waals surface area contributed by atoms with E-state index in [-0.39, 0.29) is 11.3 Å². The topological polar surface area (TPSA) is 75.3 Å². The normalized spacial score (nSPS) is 24.1. The predicted octanol–water partition coefficient (Wildman–Crippen LogP) is 0.850. The fourth-order valence-electron chi connectivity index (χ4n) is 3.25. The van der Waals surface area contributed by atoms with Gasteiger partial charge in [-0.25, -0.2) is 8.42 Å². The van der Waals surface area contributed by atoms with Crippen LogP contribution in [0.2, 0.25) is 0 Å². The molecular weight excluding hydrogens is 276 g/mol. The fraction of sp³-hybridized carbons (Fsp3) is 0.929. The predicted molar refractivity (Wildman–Crippen MR) is 79.3 cm³/mol. The second kappa shape index (κ2) is 5.64. The lowest BCUT2D eigenvalue weighted by Gasteiger charge is -2.34. The van der Waals surface area contributed by atoms with Crippen LogP contribution in [0.15, 0.2) is 0 Å². The van der Waals surface area contributed by atoms with E-state index >= 15 is 0 Å². The molecule has 2 rings (SSSR count). The summed E-state index contributed by atoms with van der Waals surface area (Å²) < 4.78 is 23.0. The molecule has 1 saturated carbocycles. The zero-order chi connectivity index (χ0) is 14.9. The van der Waals surface area contributed by atoms with Crippen molar-refractivity contribution in [3.63, 3.8) is 0 Å². The van der Waals surface area contributed by atoms with Crippen molar-refractivity contribution in [2.24, 2.45) is 5.41 Å². The molecule has 2 N–H and O–H groups in total. The van der Waals surface area contributed by atoms with Gasteiger partial charge in [0.25, 0.3) is 0 Å². The summed E-state index contributed by atoms with van der Waals surface area (Å²) in [5.41, 5.74) is 0.246. The Morgan fingerprint density at radius 3 is 2.25 bits per heavy atom. The molecule has 20 heavy (non-hydrogen) atoms. The molecule has 5 nitrogen and oxygen atoms in total. The Hall–Kier alpha value is -0.620. The Bertz CT molecular complexity index is 463. The number of piperidine rings is 1. The number of amides is 1. The summed E-state index contributed by atoms with van der Waals surface area (Å²) in [4.78, 5) is 12.5. The van der Waals surface area contributed by atoms with E-state index in [0.29, 0.717) is 32.5 Å². The molecule has 1 saturated heterocycles. The molecule has 0 radical (unpaired) electrons. The Morgan fingerprint density at radius 1 is 1.20 bits per heavy atom. The molecule has 2 fully saturated rings. The summed E-state index contributed by atoms with van der Waals surface area (Å²) in [6, 6.07) is 0. The van der Waals surface area contributed by atoms with Gasteiger partial charge in [0.15, 0.2) is 14.6 Å². The number of carbonyl (C=O) groups is 1. The molecule has 116 valence electrons. The van der Waals surface area contributed by atoms with Crippen molar-refractivity contribution < 1.29 is 13.2 Å². The second-order valence-corrected chi connectivity index (χ2v) is 8.77. The van der Waals surface area contributed by atoms with Crippen LogP contribution >= 0.6 is 0 Å². The van der Waals surface area contributed by atoms with Crippen LogP contribution < -0.4 is 10.6 Å². The minimum atomic E-state index is -3.40. The lowest BCUT2D eigenvalue weighted by atomic mass is 9.94. The minimum absolute atomic E-state index is 0.246. The Labute approximate surface area is 121 Å². The summed E-state index contributed by atoms with van der Waals surface area (Å²) in [7, 11) is -3.40. The van der Waals surface area contributed by atoms with Crippen LogP contribution in [0, 0.1) is 5.41 Å². The first-order chi connectivity index (χ1) is 9.35. The smallest absolute Gasteiger partial charge is 0.241 e. The highest BCUT2D eigenvalue weighted by atomic mass is 32.2. The van der Waals surface area contributed by atoms with Crippen molar-refractivity contribution in [3.05, 3.63) is 0 Å². The summed E-state index contributed by atoms with van der Waals surface area (Å²) in [6.07, 6.45) is 6.45. The monoisotopic (exact) mass is 302 g/mol. The van der Waals surface area contributed by atoms with E-state index in [4.69, 9.17) is 0 Å². The second-order valence-electron chi connectivity index (χ2n) is 6.45. The standard InChI is InChI=1S/C14H26N2O3S/c1-3-4-13(5-6-13)11-16-12(17)14(20(2,18)19)7-9-15-10-8-14/h15H,3-11H2,1-2H3,(H,16,17). The van der Waals surface area contributed by atoms with Crippen LogP contribution in [-0.2, 0) is 14.6 Å². The minimum Gasteiger partial charge on any atom is -0.354 e. The largest absolute Gasteiger partial charge is 0.354 e. The highest BCUT2D eigenvalue weighted by Gasteiger charge is 2.50. The first-order valence-corrected chi connectivity index (χ1v) is 9.43. The Kier molecular flexibility index (Phi) is 4.44. The quantitative estimate of drug-likeness (QED) is 0.763. The molecule has 0 aromatic carbocycles. The van der Waals surface area contributed by atoms with E-state index in [9.17, 15) is 13.2 Å². The van der Waals surface area contributed by atoms with Crippen molar-refractivity contribution in [1.82, 2.24) is 10.6 Å². The van der Waals surface area contributed by atoms with E-state index in [1.54, 1.807) is 0 Å². The van der Waals surface area contributed by atoms with Gasteiger partial charge < -0.3 is 10.6 Å². The highest BCUT2D eigenvalue weighted by molar-refractivity contribution is 7.92. The molecule has 2 aliphatic rings. The highest BCUT2D eigenvalue weighted by Crippen LogP contribution is 2.49. The van der Waals surface area contributed by atoms with E-state index in [2.05, 4.69) is 17.6 Å². The molecule has 0 atom stereocenters. The molecule has 1 aliphatic heterocycles. The molecule has 0 aromatic heterocycles. The third kappa shape index (κ3) is 3.01. The first kappa shape index (κ1) is 15.8. The van der Waals surface area contributed by atoms with Gasteiger partial charge in [0.05, 0.1) is 0 Å². The zero-order valence-electron chi connectivity index (χ0n) is 12.5. The van der Waals surface area contributed by atoms with E-state index in [0.717, 1.165) is 25.7 Å². The van der Waals surface area contributed by atoms with E-state index in [1.165, 1.54) is 6.26 Å². The maximum absolute atomic E-state index is 12.5. The molecule has 6 heteroatoms. The molecule has 1 heterocycles. The SMILES string of the molecule is CCCC1(CNC(=O)C2(S(C)(=O)=O)CCNCC2)CC1. The average molecular weight is 302 g/mol. The average Bonchev–Trinajstić information content (AvgIpc) is 3.16. The lowest BCUT2D eigenvalue weighted by Crippen LogP contribution is -2.57. The lowest BCUT2D eigenvalue weighted by molar-refractivity contribution is -0.124. The molecule has 0 bridgehead atoms. The van der Waals surface area contributed by atoms with Gasteiger partial charge in [-0.05, 0) is 50.6 Å². The van der Waals surface area contributed by atoms with Crippen molar-refractivity contribution in [2.75, 3.05) is 25.9 Å². The maximum atomic E-state index is 12.5. The summed E-state index contributed by atoms with van der Waals surface area (Å²) >= 11 is 0. The van der Waals surface area contributed by atoms with Crippen LogP contribution in [0.25, 0.3) is 0 Å². The van der Waals surface area contributed by atoms with Crippen LogP contribution in [0.5, 0.6) is 0 Å². The maximum Gasteiger partial charge on any atom is 0.241 e. The third-order valence-corrected chi connectivity index (χ3v) is 6.91. The van der Waals surface area contributed by atoms with E-state index < -0.39 is 14.6 Å². The van der Waals surface area contributed by atoms with Crippen LogP contribution in [0.1, 0.15) is 45.4 Å². The van der Waals surface area contributed by atoms with Gasteiger partial charge in [0.2, 0.25) is 5.91 Å². The summed E-state index contributed by atoms with van der Waals surface area (Å²) in [5.74, 6) is -0.288. The molecule has 0 aromatic rings. The van der Waals surface area contributed by atoms with Gasteiger partial charge in [-0.1, -0.05) is 13.3 Å². The molecule has 0 unspecified atom stereocenters. The number of nitrogens with one attached hydrogen (secondary N) is 2. The molecule has 1 aliphatic carbocycles. The summed E-state index contributed by atoms with van der Waals surface area (Å²) in [6.45, 7) is 3.94. The van der Waals surface area contributed by atoms with Crippen LogP contribution in [-0.4, -0.2) is 45.0 Å². The molecular formula is C14H26N2O3S. The fourth-order valence-corrected chi connectivity index (χ4v) is 4.60. The van der Waals surface area contributed by atoms with Gasteiger partial charge in [-0.3, -0.25) is 4.79 Å². The number of hydrogen-bond acceptors (Lipinski definition) is 4. The Balaban J connectivity index is 2.04. The zero-order valence-corrected chi connectivity index (χ0v) is 13.3. The van der Waals surface area contributed by atoms with Gasteiger partial charge in [-0.2, -0.15) is 0 Å². The number of carbonyl (C=O) groups excluding carboxylic acids is 1. The van der Waals surface area contributed by atoms with Crippen molar-refractivity contribution in [3.8, 4) is 0 Å². The Morgan fingerprint density at radius 2 is 1.80 bits per heavy atom. The number of rotatable bonds is 6. The van der Waals surface area contributed by atoms with Gasteiger partial charge >= 0.3 is 0 Å². The van der Waals surface area contributed by atoms with Gasteiger partial charge in [0, 0.05) is 12.8 Å². The van der Waals surface area contributed by atoms with Crippen molar-refractivity contribution >= 4 is 15.7 Å². The van der Waals surface area contributed by atoms with Gasteiger partial charge in [-0.15, -0.1) is 0 Å². The van der Waals surface area contributed by atoms with Gasteiger partial charge in [0.1, 0.15) is 0 Å². The van der Waals surface area contributed by atoms with Crippen LogP contribution in [0.3, 0.4) is 0 Å². The number of sulfone groups is 1. The summed E-state index contributed by atoms with van der Waals surface area (Å²) in [5, 5.41) is 6.07. The molecule has 1 amide bonds. The first-order valence-electron chi connectivity index (χ1n) is 7.54. The van der Waals surface area contributed by atoms with Crippen LogP contribution in [0.4, 0.5) is 0 Å². The number of hydrogen-bond donors (Lipinski definition) is 2.